The van der Waals surface area contributed by atoms with Gasteiger partial charge in [-0.2, -0.15) is 0 Å². The van der Waals surface area contributed by atoms with Crippen molar-refractivity contribution in [3.8, 4) is 0 Å². The van der Waals surface area contributed by atoms with Gasteiger partial charge in [0.05, 0.1) is 17.9 Å². The van der Waals surface area contributed by atoms with Crippen LogP contribution in [0.1, 0.15) is 25.0 Å². The first kappa shape index (κ1) is 15.7. The summed E-state index contributed by atoms with van der Waals surface area (Å²) in [5.74, 6) is 0.986. The smallest absolute Gasteiger partial charge is 0.246 e. The van der Waals surface area contributed by atoms with Gasteiger partial charge in [0.15, 0.2) is 0 Å². The lowest BCUT2D eigenvalue weighted by Gasteiger charge is -2.28. The second kappa shape index (κ2) is 6.24. The molecule has 0 aliphatic carbocycles. The Morgan fingerprint density at radius 1 is 1.12 bits per heavy atom. The molecule has 2 aliphatic rings. The number of rotatable bonds is 3. The van der Waals surface area contributed by atoms with Crippen molar-refractivity contribution >= 4 is 23.1 Å². The number of nitrogens with zero attached hydrogens (tertiary/aromatic N) is 2. The number of anilines is 2. The van der Waals surface area contributed by atoms with Crippen LogP contribution >= 0.6 is 0 Å². The van der Waals surface area contributed by atoms with Crippen LogP contribution in [0.2, 0.25) is 0 Å². The van der Waals surface area contributed by atoms with Crippen LogP contribution in [0.15, 0.2) is 53.5 Å². The molecule has 2 heterocycles. The van der Waals surface area contributed by atoms with Crippen LogP contribution in [-0.4, -0.2) is 35.3 Å². The topological polar surface area (TPSA) is 56.7 Å². The van der Waals surface area contributed by atoms with Crippen LogP contribution in [0.5, 0.6) is 0 Å². The van der Waals surface area contributed by atoms with Gasteiger partial charge >= 0.3 is 0 Å². The number of carbonyl (C=O) groups is 1. The molecule has 5 heteroatoms. The molecular weight excluding hydrogens is 312 g/mol. The van der Waals surface area contributed by atoms with Gasteiger partial charge in [-0.15, -0.1) is 0 Å². The van der Waals surface area contributed by atoms with Crippen molar-refractivity contribution in [1.82, 2.24) is 4.90 Å². The van der Waals surface area contributed by atoms with Gasteiger partial charge in [0, 0.05) is 18.2 Å². The number of nitrogens with one attached hydrogen (secondary N) is 2. The highest BCUT2D eigenvalue weighted by molar-refractivity contribution is 6.06. The highest BCUT2D eigenvalue weighted by Crippen LogP contribution is 2.30. The number of amides is 1. The first-order valence-electron chi connectivity index (χ1n) is 8.68. The molecule has 25 heavy (non-hydrogen) atoms. The number of fused-ring (bicyclic) bond motifs is 1. The number of benzene rings is 2. The Morgan fingerprint density at radius 2 is 1.92 bits per heavy atom. The van der Waals surface area contributed by atoms with Crippen molar-refractivity contribution in [2.45, 2.75) is 32.5 Å². The van der Waals surface area contributed by atoms with E-state index < -0.39 is 0 Å². The molecule has 4 rings (SSSR count). The molecule has 2 unspecified atom stereocenters. The highest BCUT2D eigenvalue weighted by atomic mass is 16.2. The van der Waals surface area contributed by atoms with Crippen molar-refractivity contribution in [2.75, 3.05) is 17.2 Å². The third kappa shape index (κ3) is 2.97. The summed E-state index contributed by atoms with van der Waals surface area (Å²) < 4.78 is 0. The van der Waals surface area contributed by atoms with Crippen molar-refractivity contribution in [2.24, 2.45) is 4.99 Å². The number of hydrogen-bond acceptors (Lipinski definition) is 4. The monoisotopic (exact) mass is 334 g/mol. The van der Waals surface area contributed by atoms with Gasteiger partial charge in [-0.25, -0.2) is 0 Å². The molecule has 0 spiro atoms. The summed E-state index contributed by atoms with van der Waals surface area (Å²) in [6.07, 6.45) is 0. The summed E-state index contributed by atoms with van der Waals surface area (Å²) in [6.45, 7) is 5.68. The molecule has 0 radical (unpaired) electrons. The highest BCUT2D eigenvalue weighted by Gasteiger charge is 2.27. The average molecular weight is 334 g/mol. The van der Waals surface area contributed by atoms with Gasteiger partial charge in [0.25, 0.3) is 0 Å². The molecule has 0 saturated heterocycles. The van der Waals surface area contributed by atoms with Gasteiger partial charge in [-0.3, -0.25) is 9.79 Å². The third-order valence-electron chi connectivity index (χ3n) is 4.81. The zero-order valence-corrected chi connectivity index (χ0v) is 14.5. The predicted molar refractivity (Wildman–Crippen MR) is 101 cm³/mol. The summed E-state index contributed by atoms with van der Waals surface area (Å²) in [5, 5.41) is 6.20. The molecule has 2 N–H and O–H groups in total. The van der Waals surface area contributed by atoms with E-state index in [1.807, 2.05) is 25.1 Å². The Bertz CT molecular complexity index is 831. The number of aliphatic imine (C=N–C) groups is 1. The van der Waals surface area contributed by atoms with E-state index in [4.69, 9.17) is 4.99 Å². The van der Waals surface area contributed by atoms with Crippen LogP contribution < -0.4 is 10.6 Å². The van der Waals surface area contributed by atoms with Gasteiger partial charge < -0.3 is 15.5 Å². The fourth-order valence-electron chi connectivity index (χ4n) is 3.34. The maximum atomic E-state index is 11.9. The van der Waals surface area contributed by atoms with Crippen LogP contribution in [-0.2, 0) is 11.3 Å². The zero-order chi connectivity index (χ0) is 17.4. The fraction of sp³-hybridized carbons (Fsp3) is 0.300. The Kier molecular flexibility index (Phi) is 3.92. The summed E-state index contributed by atoms with van der Waals surface area (Å²) in [4.78, 5) is 19.0. The lowest BCUT2D eigenvalue weighted by atomic mass is 10.1. The zero-order valence-electron chi connectivity index (χ0n) is 14.5. The summed E-state index contributed by atoms with van der Waals surface area (Å²) in [7, 11) is 0. The lowest BCUT2D eigenvalue weighted by Crippen LogP contribution is -2.37. The van der Waals surface area contributed by atoms with Gasteiger partial charge in [0.2, 0.25) is 5.91 Å². The Morgan fingerprint density at radius 3 is 2.72 bits per heavy atom. The van der Waals surface area contributed by atoms with E-state index in [1.165, 1.54) is 5.56 Å². The minimum absolute atomic E-state index is 0.00693. The van der Waals surface area contributed by atoms with E-state index in [2.05, 4.69) is 52.8 Å². The number of amidine groups is 1. The molecular formula is C20H22N4O. The summed E-state index contributed by atoms with van der Waals surface area (Å²) in [5.41, 5.74) is 4.08. The van der Waals surface area contributed by atoms with E-state index in [9.17, 15) is 4.79 Å². The van der Waals surface area contributed by atoms with E-state index in [-0.39, 0.29) is 11.9 Å². The van der Waals surface area contributed by atoms with E-state index >= 15 is 0 Å². The molecule has 2 aliphatic heterocycles. The van der Waals surface area contributed by atoms with Crippen molar-refractivity contribution < 1.29 is 4.79 Å². The van der Waals surface area contributed by atoms with E-state index in [1.54, 1.807) is 0 Å². The predicted octanol–water partition coefficient (Wildman–Crippen LogP) is 3.09. The molecule has 0 aromatic heterocycles. The average Bonchev–Trinajstić information content (AvgIpc) is 2.97. The molecule has 2 aromatic rings. The van der Waals surface area contributed by atoms with Gasteiger partial charge in [0.1, 0.15) is 11.9 Å². The fourth-order valence-corrected chi connectivity index (χ4v) is 3.34. The largest absolute Gasteiger partial charge is 0.372 e. The minimum atomic E-state index is -0.211. The second-order valence-corrected chi connectivity index (χ2v) is 6.74. The van der Waals surface area contributed by atoms with E-state index in [0.29, 0.717) is 6.04 Å². The molecule has 0 bridgehead atoms. The maximum absolute atomic E-state index is 11.9. The third-order valence-corrected chi connectivity index (χ3v) is 4.81. The lowest BCUT2D eigenvalue weighted by molar-refractivity contribution is -0.116. The molecule has 2 aromatic carbocycles. The minimum Gasteiger partial charge on any atom is -0.372 e. The molecule has 1 amide bonds. The molecule has 0 saturated carbocycles. The molecule has 2 atom stereocenters. The number of carbonyl (C=O) groups excluding carboxylic acids is 1. The Labute approximate surface area is 147 Å². The number of hydrogen-bond donors (Lipinski definition) is 2. The molecule has 128 valence electrons. The second-order valence-electron chi connectivity index (χ2n) is 6.74. The standard InChI is InChI=1S/C20H22N4O/c1-13-11-21-19(24(13)12-15-6-4-3-5-7-15)16-8-9-17-18(10-16)23-20(25)14(2)22-17/h3-10,13-14,22H,11-12H2,1-2H3,(H,23,25). The quantitative estimate of drug-likeness (QED) is 0.907. The van der Waals surface area contributed by atoms with Crippen molar-refractivity contribution in [3.05, 3.63) is 59.7 Å². The maximum Gasteiger partial charge on any atom is 0.246 e. The van der Waals surface area contributed by atoms with Crippen LogP contribution in [0.3, 0.4) is 0 Å². The van der Waals surface area contributed by atoms with Crippen LogP contribution in [0.25, 0.3) is 0 Å². The normalized spacial score (nSPS) is 22.1. The van der Waals surface area contributed by atoms with Gasteiger partial charge in [-0.1, -0.05) is 30.3 Å². The molecule has 5 nitrogen and oxygen atoms in total. The first-order valence-corrected chi connectivity index (χ1v) is 8.68. The van der Waals surface area contributed by atoms with Crippen LogP contribution in [0.4, 0.5) is 11.4 Å². The van der Waals surface area contributed by atoms with Crippen molar-refractivity contribution in [3.63, 3.8) is 0 Å². The summed E-state index contributed by atoms with van der Waals surface area (Å²) >= 11 is 0. The Hall–Kier alpha value is -2.82. The van der Waals surface area contributed by atoms with Crippen molar-refractivity contribution in [1.29, 1.82) is 0 Å². The van der Waals surface area contributed by atoms with Crippen LogP contribution in [0, 0.1) is 0 Å². The Balaban J connectivity index is 1.62. The van der Waals surface area contributed by atoms with Gasteiger partial charge in [-0.05, 0) is 37.6 Å². The van der Waals surface area contributed by atoms with E-state index in [0.717, 1.165) is 35.9 Å². The molecule has 0 fully saturated rings. The first-order chi connectivity index (χ1) is 12.1. The SMILES string of the molecule is CC1Nc2ccc(C3=NCC(C)N3Cc3ccccc3)cc2NC1=O. The summed E-state index contributed by atoms with van der Waals surface area (Å²) in [6, 6.07) is 16.7.